The van der Waals surface area contributed by atoms with Crippen molar-refractivity contribution < 1.29 is 14.0 Å². The Balaban J connectivity index is 1.57. The Bertz CT molecular complexity index is 640. The van der Waals surface area contributed by atoms with Gasteiger partial charge in [0, 0.05) is 18.8 Å². The molecule has 25 heavy (non-hydrogen) atoms. The van der Waals surface area contributed by atoms with Crippen LogP contribution in [0.1, 0.15) is 31.7 Å². The minimum Gasteiger partial charge on any atom is -0.343 e. The molecule has 3 atom stereocenters. The molecule has 0 saturated carbocycles. The molecule has 0 spiro atoms. The molecule has 0 aromatic heterocycles. The zero-order valence-corrected chi connectivity index (χ0v) is 15.4. The number of nitrogens with one attached hydrogen (secondary N) is 1. The van der Waals surface area contributed by atoms with Gasteiger partial charge in [0.2, 0.25) is 11.8 Å². The first-order valence-corrected chi connectivity index (χ1v) is 10.0. The van der Waals surface area contributed by atoms with Crippen molar-refractivity contribution in [2.45, 2.75) is 43.9 Å². The van der Waals surface area contributed by atoms with E-state index in [-0.39, 0.29) is 22.9 Å². The highest BCUT2D eigenvalue weighted by molar-refractivity contribution is 8.00. The van der Waals surface area contributed by atoms with Crippen molar-refractivity contribution in [2.24, 2.45) is 5.92 Å². The summed E-state index contributed by atoms with van der Waals surface area (Å²) in [5, 5.41) is 2.52. The molecule has 4 nitrogen and oxygen atoms in total. The van der Waals surface area contributed by atoms with E-state index in [1.165, 1.54) is 17.8 Å². The number of benzene rings is 1. The summed E-state index contributed by atoms with van der Waals surface area (Å²) >= 11 is 1.45. The maximum atomic E-state index is 13.8. The van der Waals surface area contributed by atoms with Crippen molar-refractivity contribution in [1.29, 1.82) is 0 Å². The second-order valence-corrected chi connectivity index (χ2v) is 8.28. The number of nitrogens with zero attached hydrogens (tertiary/aromatic N) is 1. The molecule has 2 heterocycles. The van der Waals surface area contributed by atoms with Crippen LogP contribution in [0.15, 0.2) is 24.3 Å². The lowest BCUT2D eigenvalue weighted by molar-refractivity contribution is -0.136. The van der Waals surface area contributed by atoms with Crippen LogP contribution in [0, 0.1) is 11.7 Å². The molecule has 1 aromatic rings. The summed E-state index contributed by atoms with van der Waals surface area (Å²) in [5.41, 5.74) is 0.543. The molecule has 2 aliphatic heterocycles. The molecule has 3 rings (SSSR count). The topological polar surface area (TPSA) is 49.4 Å². The average molecular weight is 364 g/mol. The third-order valence-corrected chi connectivity index (χ3v) is 6.37. The van der Waals surface area contributed by atoms with Crippen LogP contribution in [0.5, 0.6) is 0 Å². The van der Waals surface area contributed by atoms with Crippen molar-refractivity contribution in [2.75, 3.05) is 18.8 Å². The first-order chi connectivity index (χ1) is 12.0. The van der Waals surface area contributed by atoms with E-state index in [1.807, 2.05) is 4.90 Å². The smallest absolute Gasteiger partial charge is 0.246 e. The predicted octanol–water partition coefficient (Wildman–Crippen LogP) is 2.62. The van der Waals surface area contributed by atoms with Crippen LogP contribution in [0.2, 0.25) is 0 Å². The van der Waals surface area contributed by atoms with Crippen molar-refractivity contribution in [1.82, 2.24) is 10.2 Å². The van der Waals surface area contributed by atoms with E-state index in [2.05, 4.69) is 12.2 Å². The molecular weight excluding hydrogens is 339 g/mol. The maximum Gasteiger partial charge on any atom is 0.246 e. The number of rotatable bonds is 3. The molecule has 0 unspecified atom stereocenters. The number of carbonyl (C=O) groups is 2. The van der Waals surface area contributed by atoms with Crippen LogP contribution in [0.25, 0.3) is 0 Å². The summed E-state index contributed by atoms with van der Waals surface area (Å²) < 4.78 is 13.8. The Morgan fingerprint density at radius 2 is 2.12 bits per heavy atom. The summed E-state index contributed by atoms with van der Waals surface area (Å²) in [4.78, 5) is 27.0. The molecule has 2 aliphatic rings. The van der Waals surface area contributed by atoms with Gasteiger partial charge in [0.15, 0.2) is 0 Å². The molecule has 1 N–H and O–H groups in total. The summed E-state index contributed by atoms with van der Waals surface area (Å²) in [5.74, 6) is 0.779. The van der Waals surface area contributed by atoms with Gasteiger partial charge in [-0.15, -0.1) is 11.8 Å². The Kier molecular flexibility index (Phi) is 5.99. The first kappa shape index (κ1) is 18.2. The lowest BCUT2D eigenvalue weighted by Crippen LogP contribution is -2.55. The van der Waals surface area contributed by atoms with Gasteiger partial charge in [-0.3, -0.25) is 9.59 Å². The largest absolute Gasteiger partial charge is 0.343 e. The fourth-order valence-electron chi connectivity index (χ4n) is 3.45. The van der Waals surface area contributed by atoms with Gasteiger partial charge in [-0.25, -0.2) is 4.39 Å². The minimum atomic E-state index is -0.456. The van der Waals surface area contributed by atoms with E-state index in [0.29, 0.717) is 23.7 Å². The van der Waals surface area contributed by atoms with Crippen molar-refractivity contribution >= 4 is 23.6 Å². The molecular formula is C19H25FN2O2S. The average Bonchev–Trinajstić information content (AvgIpc) is 2.82. The molecule has 1 aromatic carbocycles. The van der Waals surface area contributed by atoms with Gasteiger partial charge in [-0.2, -0.15) is 0 Å². The third-order valence-electron chi connectivity index (χ3n) is 5.06. The van der Waals surface area contributed by atoms with E-state index in [0.717, 1.165) is 32.4 Å². The van der Waals surface area contributed by atoms with Crippen LogP contribution < -0.4 is 5.32 Å². The SMILES string of the molecule is C[C@@H]1CCCN(C(=O)[C@H]2CS[C@H](Cc3ccccc3F)C(=O)N2)CC1. The highest BCUT2D eigenvalue weighted by atomic mass is 32.2. The van der Waals surface area contributed by atoms with E-state index < -0.39 is 6.04 Å². The summed E-state index contributed by atoms with van der Waals surface area (Å²) in [6.45, 7) is 3.77. The van der Waals surface area contributed by atoms with Crippen LogP contribution in [0.3, 0.4) is 0 Å². The van der Waals surface area contributed by atoms with Gasteiger partial charge in [-0.05, 0) is 43.2 Å². The summed E-state index contributed by atoms with van der Waals surface area (Å²) in [7, 11) is 0. The standard InChI is InChI=1S/C19H25FN2O2S/c1-13-5-4-9-22(10-8-13)19(24)16-12-25-17(18(23)21-16)11-14-6-2-3-7-15(14)20/h2-3,6-7,13,16-17H,4-5,8-12H2,1H3,(H,21,23)/t13-,16-,17-/m1/s1. The Morgan fingerprint density at radius 1 is 1.32 bits per heavy atom. The van der Waals surface area contributed by atoms with Gasteiger partial charge in [-0.1, -0.05) is 25.1 Å². The number of hydrogen-bond acceptors (Lipinski definition) is 3. The Labute approximate surface area is 152 Å². The fraction of sp³-hybridized carbons (Fsp3) is 0.579. The molecule has 6 heteroatoms. The number of hydrogen-bond donors (Lipinski definition) is 1. The highest BCUT2D eigenvalue weighted by Gasteiger charge is 2.35. The zero-order valence-electron chi connectivity index (χ0n) is 14.5. The summed E-state index contributed by atoms with van der Waals surface area (Å²) in [6.07, 6.45) is 3.55. The second kappa shape index (κ2) is 8.21. The van der Waals surface area contributed by atoms with Crippen molar-refractivity contribution in [3.05, 3.63) is 35.6 Å². The quantitative estimate of drug-likeness (QED) is 0.897. The van der Waals surface area contributed by atoms with Crippen molar-refractivity contribution in [3.8, 4) is 0 Å². The van der Waals surface area contributed by atoms with Crippen LogP contribution in [-0.4, -0.2) is 46.8 Å². The van der Waals surface area contributed by atoms with Crippen LogP contribution >= 0.6 is 11.8 Å². The van der Waals surface area contributed by atoms with E-state index in [9.17, 15) is 14.0 Å². The normalized spacial score (nSPS) is 27.5. The number of carbonyl (C=O) groups excluding carboxylic acids is 2. The zero-order chi connectivity index (χ0) is 17.8. The molecule has 2 saturated heterocycles. The van der Waals surface area contributed by atoms with Gasteiger partial charge in [0.05, 0.1) is 5.25 Å². The lowest BCUT2D eigenvalue weighted by atomic mass is 10.0. The monoisotopic (exact) mass is 364 g/mol. The van der Waals surface area contributed by atoms with Crippen LogP contribution in [0.4, 0.5) is 4.39 Å². The van der Waals surface area contributed by atoms with Crippen molar-refractivity contribution in [3.63, 3.8) is 0 Å². The van der Waals surface area contributed by atoms with Gasteiger partial charge in [0.1, 0.15) is 11.9 Å². The predicted molar refractivity (Wildman–Crippen MR) is 97.9 cm³/mol. The van der Waals surface area contributed by atoms with Gasteiger partial charge < -0.3 is 10.2 Å². The molecule has 2 fully saturated rings. The number of thioether (sulfide) groups is 1. The number of likely N-dealkylation sites (tertiary alicyclic amines) is 1. The molecule has 0 aliphatic carbocycles. The lowest BCUT2D eigenvalue weighted by Gasteiger charge is -2.32. The number of amides is 2. The minimum absolute atomic E-state index is 0.0271. The Hall–Kier alpha value is -1.56. The van der Waals surface area contributed by atoms with Gasteiger partial charge in [0.25, 0.3) is 0 Å². The fourth-order valence-corrected chi connectivity index (χ4v) is 4.61. The summed E-state index contributed by atoms with van der Waals surface area (Å²) in [6, 6.07) is 6.08. The Morgan fingerprint density at radius 3 is 2.88 bits per heavy atom. The molecule has 136 valence electrons. The van der Waals surface area contributed by atoms with Gasteiger partial charge >= 0.3 is 0 Å². The third kappa shape index (κ3) is 4.54. The first-order valence-electron chi connectivity index (χ1n) is 8.98. The highest BCUT2D eigenvalue weighted by Crippen LogP contribution is 2.25. The van der Waals surface area contributed by atoms with Crippen LogP contribution in [-0.2, 0) is 16.0 Å². The molecule has 0 bridgehead atoms. The van der Waals surface area contributed by atoms with E-state index >= 15 is 0 Å². The second-order valence-electron chi connectivity index (χ2n) is 7.04. The molecule has 2 amide bonds. The van der Waals surface area contributed by atoms with E-state index in [1.54, 1.807) is 18.2 Å². The number of halogens is 1. The maximum absolute atomic E-state index is 13.8. The van der Waals surface area contributed by atoms with E-state index in [4.69, 9.17) is 0 Å². The molecule has 0 radical (unpaired) electrons.